The van der Waals surface area contributed by atoms with Crippen molar-refractivity contribution in [2.75, 3.05) is 20.1 Å². The average Bonchev–Trinajstić information content (AvgIpc) is 2.77. The van der Waals surface area contributed by atoms with Crippen LogP contribution in [0.2, 0.25) is 0 Å². The number of carboxylic acids is 1. The number of carboxylic acid groups (broad SMARTS) is 1. The lowest BCUT2D eigenvalue weighted by Crippen LogP contribution is -2.30. The maximum Gasteiger partial charge on any atom is 0.358 e. The summed E-state index contributed by atoms with van der Waals surface area (Å²) in [6.45, 7) is 3.07. The lowest BCUT2D eigenvalue weighted by molar-refractivity contribution is 0.0690. The quantitative estimate of drug-likeness (QED) is 0.836. The van der Waals surface area contributed by atoms with Crippen molar-refractivity contribution < 1.29 is 9.90 Å². The lowest BCUT2D eigenvalue weighted by atomic mass is 9.94. The minimum Gasteiger partial charge on any atom is -0.476 e. The monoisotopic (exact) mass is 238 g/mol. The highest BCUT2D eigenvalue weighted by molar-refractivity contribution is 5.84. The molecule has 0 saturated carbocycles. The van der Waals surface area contributed by atoms with E-state index in [2.05, 4.69) is 22.3 Å². The van der Waals surface area contributed by atoms with Crippen LogP contribution in [-0.4, -0.2) is 51.1 Å². The van der Waals surface area contributed by atoms with Gasteiger partial charge in [-0.1, -0.05) is 5.21 Å². The zero-order valence-electron chi connectivity index (χ0n) is 10.0. The summed E-state index contributed by atoms with van der Waals surface area (Å²) in [5, 5.41) is 16.1. The Morgan fingerprint density at radius 1 is 1.53 bits per heavy atom. The van der Waals surface area contributed by atoms with E-state index in [-0.39, 0.29) is 5.69 Å². The molecule has 6 nitrogen and oxygen atoms in total. The number of carbonyl (C=O) groups is 1. The number of aromatic carboxylic acids is 1. The molecule has 1 N–H and O–H groups in total. The summed E-state index contributed by atoms with van der Waals surface area (Å²) in [6, 6.07) is 0. The summed E-state index contributed by atoms with van der Waals surface area (Å²) in [6.07, 6.45) is 4.99. The molecule has 1 aromatic rings. The van der Waals surface area contributed by atoms with Crippen LogP contribution in [0.4, 0.5) is 0 Å². The summed E-state index contributed by atoms with van der Waals surface area (Å²) < 4.78 is 1.63. The Morgan fingerprint density at radius 2 is 2.24 bits per heavy atom. The van der Waals surface area contributed by atoms with Crippen LogP contribution >= 0.6 is 0 Å². The van der Waals surface area contributed by atoms with Crippen LogP contribution < -0.4 is 0 Å². The van der Waals surface area contributed by atoms with Crippen LogP contribution in [0.15, 0.2) is 6.20 Å². The van der Waals surface area contributed by atoms with Crippen LogP contribution in [0, 0.1) is 5.92 Å². The smallest absolute Gasteiger partial charge is 0.358 e. The van der Waals surface area contributed by atoms with Crippen LogP contribution in [0.25, 0.3) is 0 Å². The molecule has 0 aliphatic carbocycles. The third-order valence-electron chi connectivity index (χ3n) is 3.36. The van der Waals surface area contributed by atoms with E-state index in [0.717, 1.165) is 32.0 Å². The summed E-state index contributed by atoms with van der Waals surface area (Å²) in [4.78, 5) is 13.0. The first kappa shape index (κ1) is 12.0. The normalized spacial score (nSPS) is 18.4. The number of likely N-dealkylation sites (tertiary alicyclic amines) is 1. The molecule has 0 spiro atoms. The van der Waals surface area contributed by atoms with E-state index in [0.29, 0.717) is 0 Å². The molecule has 0 amide bonds. The maximum absolute atomic E-state index is 10.6. The number of aryl methyl sites for hydroxylation is 1. The van der Waals surface area contributed by atoms with Crippen molar-refractivity contribution in [2.45, 2.75) is 25.8 Å². The van der Waals surface area contributed by atoms with Crippen molar-refractivity contribution in [3.05, 3.63) is 11.9 Å². The molecule has 1 aliphatic heterocycles. The summed E-state index contributed by atoms with van der Waals surface area (Å²) in [5.41, 5.74) is 0.0216. The van der Waals surface area contributed by atoms with Crippen LogP contribution in [-0.2, 0) is 6.54 Å². The van der Waals surface area contributed by atoms with Crippen molar-refractivity contribution in [1.29, 1.82) is 0 Å². The topological polar surface area (TPSA) is 71.2 Å². The third-order valence-corrected chi connectivity index (χ3v) is 3.36. The van der Waals surface area contributed by atoms with Gasteiger partial charge in [-0.15, -0.1) is 5.10 Å². The first-order valence-electron chi connectivity index (χ1n) is 5.97. The summed E-state index contributed by atoms with van der Waals surface area (Å²) in [5.74, 6) is -0.292. The van der Waals surface area contributed by atoms with Gasteiger partial charge in [0.25, 0.3) is 0 Å². The first-order valence-corrected chi connectivity index (χ1v) is 5.97. The van der Waals surface area contributed by atoms with Gasteiger partial charge in [0.05, 0.1) is 6.20 Å². The fourth-order valence-corrected chi connectivity index (χ4v) is 2.17. The fourth-order valence-electron chi connectivity index (χ4n) is 2.17. The molecule has 17 heavy (non-hydrogen) atoms. The van der Waals surface area contributed by atoms with E-state index >= 15 is 0 Å². The largest absolute Gasteiger partial charge is 0.476 e. The van der Waals surface area contributed by atoms with Gasteiger partial charge < -0.3 is 10.0 Å². The molecule has 1 aliphatic rings. The molecular weight excluding hydrogens is 220 g/mol. The Balaban J connectivity index is 1.79. The molecule has 2 rings (SSSR count). The molecule has 1 aromatic heterocycles. The van der Waals surface area contributed by atoms with E-state index < -0.39 is 5.97 Å². The van der Waals surface area contributed by atoms with Gasteiger partial charge in [0.1, 0.15) is 0 Å². The van der Waals surface area contributed by atoms with Crippen molar-refractivity contribution in [3.8, 4) is 0 Å². The van der Waals surface area contributed by atoms with Crippen LogP contribution in [0.1, 0.15) is 29.8 Å². The Bertz CT molecular complexity index is 383. The second-order valence-corrected chi connectivity index (χ2v) is 4.71. The molecule has 1 fully saturated rings. The van der Waals surface area contributed by atoms with E-state index in [1.165, 1.54) is 19.0 Å². The standard InChI is InChI=1S/C11H18N4O2/c1-14-5-2-9(3-6-14)4-7-15-8-10(11(16)17)12-13-15/h8-9H,2-7H2,1H3,(H,16,17). The number of rotatable bonds is 4. The van der Waals surface area contributed by atoms with E-state index in [1.54, 1.807) is 4.68 Å². The van der Waals surface area contributed by atoms with Gasteiger partial charge in [-0.05, 0) is 45.3 Å². The Kier molecular flexibility index (Phi) is 3.73. The zero-order valence-corrected chi connectivity index (χ0v) is 10.0. The van der Waals surface area contributed by atoms with Crippen LogP contribution in [0.3, 0.4) is 0 Å². The predicted octanol–water partition coefficient (Wildman–Crippen LogP) is 0.708. The van der Waals surface area contributed by atoms with E-state index in [4.69, 9.17) is 5.11 Å². The molecule has 0 bridgehead atoms. The number of nitrogens with zero attached hydrogens (tertiary/aromatic N) is 4. The molecule has 1 saturated heterocycles. The Morgan fingerprint density at radius 3 is 2.82 bits per heavy atom. The lowest BCUT2D eigenvalue weighted by Gasteiger charge is -2.28. The number of aromatic nitrogens is 3. The van der Waals surface area contributed by atoms with Crippen molar-refractivity contribution in [3.63, 3.8) is 0 Å². The molecule has 6 heteroatoms. The van der Waals surface area contributed by atoms with Crippen LogP contribution in [0.5, 0.6) is 0 Å². The first-order chi connectivity index (χ1) is 8.15. The SMILES string of the molecule is CN1CCC(CCn2cc(C(=O)O)nn2)CC1. The zero-order chi connectivity index (χ0) is 12.3. The average molecular weight is 238 g/mol. The Labute approximate surface area is 100 Å². The van der Waals surface area contributed by atoms with E-state index in [9.17, 15) is 4.79 Å². The van der Waals surface area contributed by atoms with E-state index in [1.807, 2.05) is 0 Å². The molecule has 0 aromatic carbocycles. The van der Waals surface area contributed by atoms with Crippen molar-refractivity contribution >= 4 is 5.97 Å². The number of piperidine rings is 1. The van der Waals surface area contributed by atoms with Gasteiger partial charge in [-0.25, -0.2) is 4.79 Å². The van der Waals surface area contributed by atoms with Crippen molar-refractivity contribution in [1.82, 2.24) is 19.9 Å². The molecule has 94 valence electrons. The van der Waals surface area contributed by atoms with Gasteiger partial charge >= 0.3 is 5.97 Å². The molecule has 2 heterocycles. The highest BCUT2D eigenvalue weighted by Crippen LogP contribution is 2.19. The highest BCUT2D eigenvalue weighted by atomic mass is 16.4. The minimum absolute atomic E-state index is 0.0216. The summed E-state index contributed by atoms with van der Waals surface area (Å²) >= 11 is 0. The third kappa shape index (κ3) is 3.26. The molecule has 0 unspecified atom stereocenters. The molecule has 0 radical (unpaired) electrons. The minimum atomic E-state index is -1.02. The summed E-state index contributed by atoms with van der Waals surface area (Å²) in [7, 11) is 2.15. The van der Waals surface area contributed by atoms with Gasteiger partial charge in [-0.3, -0.25) is 4.68 Å². The number of hydrogen-bond donors (Lipinski definition) is 1. The van der Waals surface area contributed by atoms with Gasteiger partial charge in [-0.2, -0.15) is 0 Å². The fraction of sp³-hybridized carbons (Fsp3) is 0.727. The van der Waals surface area contributed by atoms with Gasteiger partial charge in [0, 0.05) is 6.54 Å². The maximum atomic E-state index is 10.6. The second kappa shape index (κ2) is 5.27. The van der Waals surface area contributed by atoms with Gasteiger partial charge in [0.2, 0.25) is 0 Å². The molecule has 0 atom stereocenters. The Hall–Kier alpha value is -1.43. The van der Waals surface area contributed by atoms with Gasteiger partial charge in [0.15, 0.2) is 5.69 Å². The molecular formula is C11H18N4O2. The van der Waals surface area contributed by atoms with Crippen molar-refractivity contribution in [2.24, 2.45) is 5.92 Å². The predicted molar refractivity (Wildman–Crippen MR) is 61.8 cm³/mol. The second-order valence-electron chi connectivity index (χ2n) is 4.71. The highest BCUT2D eigenvalue weighted by Gasteiger charge is 2.17. The number of hydrogen-bond acceptors (Lipinski definition) is 4.